The highest BCUT2D eigenvalue weighted by atomic mass is 35.5. The van der Waals surface area contributed by atoms with E-state index in [-0.39, 0.29) is 23.9 Å². The third-order valence-corrected chi connectivity index (χ3v) is 4.39. The Morgan fingerprint density at radius 3 is 2.61 bits per heavy atom. The van der Waals surface area contributed by atoms with Crippen LogP contribution in [0, 0.1) is 22.9 Å². The van der Waals surface area contributed by atoms with Crippen molar-refractivity contribution in [2.24, 2.45) is 0 Å². The molecule has 0 fully saturated rings. The van der Waals surface area contributed by atoms with E-state index in [0.29, 0.717) is 22.1 Å². The number of aryl methyl sites for hydroxylation is 1. The molecule has 144 valence electrons. The lowest BCUT2D eigenvalue weighted by molar-refractivity contribution is -0.384. The number of halogens is 2. The number of benzene rings is 2. The summed E-state index contributed by atoms with van der Waals surface area (Å²) >= 11 is 6.09. The number of hydrogen-bond acceptors (Lipinski definition) is 5. The van der Waals surface area contributed by atoms with E-state index in [4.69, 9.17) is 11.6 Å². The van der Waals surface area contributed by atoms with Crippen LogP contribution < -0.4 is 0 Å². The van der Waals surface area contributed by atoms with Crippen molar-refractivity contribution < 1.29 is 14.1 Å². The summed E-state index contributed by atoms with van der Waals surface area (Å²) in [5.41, 5.74) is 0.881. The molecule has 0 saturated carbocycles. The Balaban J connectivity index is 1.83. The molecule has 1 amide bonds. The SMILES string of the molecule is Cc1nc(C(=O)N(C)Cc2cc([N+](=O)[O-])ccc2Cl)nn1-c1ccc(F)cc1. The van der Waals surface area contributed by atoms with Gasteiger partial charge in [-0.05, 0) is 42.8 Å². The molecule has 0 atom stereocenters. The standard InChI is InChI=1S/C18H15ClFN5O3/c1-11-21-17(22-24(11)14-5-3-13(20)4-6-14)18(26)23(2)10-12-9-15(25(27)28)7-8-16(12)19/h3-9H,10H2,1-2H3. The molecular formula is C18H15ClFN5O3. The number of amides is 1. The first-order valence-corrected chi connectivity index (χ1v) is 8.52. The summed E-state index contributed by atoms with van der Waals surface area (Å²) in [6.45, 7) is 1.72. The number of carbonyl (C=O) groups excluding carboxylic acids is 1. The van der Waals surface area contributed by atoms with Gasteiger partial charge in [-0.3, -0.25) is 14.9 Å². The van der Waals surface area contributed by atoms with Gasteiger partial charge in [0.15, 0.2) is 0 Å². The van der Waals surface area contributed by atoms with Gasteiger partial charge in [0.2, 0.25) is 5.82 Å². The monoisotopic (exact) mass is 403 g/mol. The average molecular weight is 404 g/mol. The van der Waals surface area contributed by atoms with E-state index in [1.54, 1.807) is 6.92 Å². The molecule has 8 nitrogen and oxygen atoms in total. The number of nitrogens with zero attached hydrogens (tertiary/aromatic N) is 5. The first kappa shape index (κ1) is 19.4. The second kappa shape index (κ2) is 7.73. The summed E-state index contributed by atoms with van der Waals surface area (Å²) in [4.78, 5) is 28.6. The zero-order chi connectivity index (χ0) is 20.4. The van der Waals surface area contributed by atoms with Crippen LogP contribution in [0.4, 0.5) is 10.1 Å². The van der Waals surface area contributed by atoms with Crippen molar-refractivity contribution in [1.82, 2.24) is 19.7 Å². The van der Waals surface area contributed by atoms with E-state index in [9.17, 15) is 19.3 Å². The summed E-state index contributed by atoms with van der Waals surface area (Å²) in [5.74, 6) is -0.458. The van der Waals surface area contributed by atoms with Gasteiger partial charge >= 0.3 is 0 Å². The third kappa shape index (κ3) is 3.99. The fraction of sp³-hybridized carbons (Fsp3) is 0.167. The van der Waals surface area contributed by atoms with E-state index in [1.165, 1.54) is 59.1 Å². The van der Waals surface area contributed by atoms with Crippen LogP contribution in [0.3, 0.4) is 0 Å². The molecule has 1 heterocycles. The number of carbonyl (C=O) groups is 1. The molecule has 0 unspecified atom stereocenters. The summed E-state index contributed by atoms with van der Waals surface area (Å²) in [6.07, 6.45) is 0. The molecule has 0 N–H and O–H groups in total. The lowest BCUT2D eigenvalue weighted by atomic mass is 10.2. The van der Waals surface area contributed by atoms with Crippen molar-refractivity contribution >= 4 is 23.2 Å². The maximum Gasteiger partial charge on any atom is 0.293 e. The van der Waals surface area contributed by atoms with Crippen LogP contribution >= 0.6 is 11.6 Å². The second-order valence-electron chi connectivity index (χ2n) is 6.06. The number of nitro benzene ring substituents is 1. The predicted octanol–water partition coefficient (Wildman–Crippen LogP) is 3.55. The Morgan fingerprint density at radius 2 is 1.96 bits per heavy atom. The van der Waals surface area contributed by atoms with Crippen molar-refractivity contribution in [3.05, 3.63) is 80.6 Å². The zero-order valence-electron chi connectivity index (χ0n) is 15.0. The van der Waals surface area contributed by atoms with Gasteiger partial charge in [0.05, 0.1) is 10.6 Å². The van der Waals surface area contributed by atoms with Crippen LogP contribution in [0.5, 0.6) is 0 Å². The molecule has 0 bridgehead atoms. The lowest BCUT2D eigenvalue weighted by Crippen LogP contribution is -2.27. The zero-order valence-corrected chi connectivity index (χ0v) is 15.7. The van der Waals surface area contributed by atoms with Crippen LogP contribution in [-0.4, -0.2) is 37.5 Å². The number of hydrogen-bond donors (Lipinski definition) is 0. The fourth-order valence-corrected chi connectivity index (χ4v) is 2.78. The van der Waals surface area contributed by atoms with E-state index in [1.807, 2.05) is 0 Å². The van der Waals surface area contributed by atoms with Crippen molar-refractivity contribution in [1.29, 1.82) is 0 Å². The molecule has 3 rings (SSSR count). The van der Waals surface area contributed by atoms with Crippen molar-refractivity contribution in [2.75, 3.05) is 7.05 Å². The van der Waals surface area contributed by atoms with Crippen LogP contribution in [0.2, 0.25) is 5.02 Å². The molecule has 3 aromatic rings. The molecule has 0 radical (unpaired) electrons. The highest BCUT2D eigenvalue weighted by Gasteiger charge is 2.21. The van der Waals surface area contributed by atoms with E-state index >= 15 is 0 Å². The third-order valence-electron chi connectivity index (χ3n) is 4.03. The van der Waals surface area contributed by atoms with Crippen molar-refractivity contribution in [3.8, 4) is 5.69 Å². The van der Waals surface area contributed by atoms with E-state index < -0.39 is 10.8 Å². The van der Waals surface area contributed by atoms with Crippen molar-refractivity contribution in [2.45, 2.75) is 13.5 Å². The number of nitro groups is 1. The minimum absolute atomic E-state index is 0.0451. The maximum atomic E-state index is 13.1. The molecule has 0 aliphatic carbocycles. The van der Waals surface area contributed by atoms with Gasteiger partial charge in [0.25, 0.3) is 11.6 Å². The lowest BCUT2D eigenvalue weighted by Gasteiger charge is -2.16. The fourth-order valence-electron chi connectivity index (χ4n) is 2.60. The molecule has 28 heavy (non-hydrogen) atoms. The Labute approximate surface area is 164 Å². The molecule has 2 aromatic carbocycles. The number of non-ortho nitro benzene ring substituents is 1. The second-order valence-corrected chi connectivity index (χ2v) is 6.47. The van der Waals surface area contributed by atoms with Crippen LogP contribution in [-0.2, 0) is 6.54 Å². The van der Waals surface area contributed by atoms with E-state index in [2.05, 4.69) is 10.1 Å². The summed E-state index contributed by atoms with van der Waals surface area (Å²) < 4.78 is 14.5. The Hall–Kier alpha value is -3.33. The molecule has 0 spiro atoms. The van der Waals surface area contributed by atoms with Gasteiger partial charge in [0, 0.05) is 30.7 Å². The predicted molar refractivity (Wildman–Crippen MR) is 100.0 cm³/mol. The normalized spacial score (nSPS) is 10.7. The summed E-state index contributed by atoms with van der Waals surface area (Å²) in [5, 5.41) is 15.4. The molecule has 0 aliphatic heterocycles. The summed E-state index contributed by atoms with van der Waals surface area (Å²) in [6, 6.07) is 9.66. The van der Waals surface area contributed by atoms with Crippen LogP contribution in [0.25, 0.3) is 5.69 Å². The minimum Gasteiger partial charge on any atom is -0.335 e. The molecule has 0 saturated heterocycles. The Morgan fingerprint density at radius 1 is 1.29 bits per heavy atom. The summed E-state index contributed by atoms with van der Waals surface area (Å²) in [7, 11) is 1.52. The highest BCUT2D eigenvalue weighted by molar-refractivity contribution is 6.31. The minimum atomic E-state index is -0.531. The topological polar surface area (TPSA) is 94.2 Å². The molecule has 1 aromatic heterocycles. The largest absolute Gasteiger partial charge is 0.335 e. The Bertz CT molecular complexity index is 1050. The van der Waals surface area contributed by atoms with Crippen LogP contribution in [0.1, 0.15) is 22.0 Å². The van der Waals surface area contributed by atoms with E-state index in [0.717, 1.165) is 0 Å². The average Bonchev–Trinajstić information content (AvgIpc) is 3.05. The van der Waals surface area contributed by atoms with Gasteiger partial charge in [-0.25, -0.2) is 14.1 Å². The maximum absolute atomic E-state index is 13.1. The van der Waals surface area contributed by atoms with Gasteiger partial charge in [0.1, 0.15) is 11.6 Å². The number of rotatable bonds is 5. The first-order valence-electron chi connectivity index (χ1n) is 8.14. The van der Waals surface area contributed by atoms with Gasteiger partial charge in [-0.1, -0.05) is 11.6 Å². The number of aromatic nitrogens is 3. The molecule has 0 aliphatic rings. The van der Waals surface area contributed by atoms with Gasteiger partial charge in [-0.15, -0.1) is 5.10 Å². The van der Waals surface area contributed by atoms with Gasteiger partial charge < -0.3 is 4.90 Å². The smallest absolute Gasteiger partial charge is 0.293 e. The van der Waals surface area contributed by atoms with Crippen LogP contribution in [0.15, 0.2) is 42.5 Å². The van der Waals surface area contributed by atoms with Crippen molar-refractivity contribution in [3.63, 3.8) is 0 Å². The molecular weight excluding hydrogens is 389 g/mol. The quantitative estimate of drug-likeness (QED) is 0.479. The highest BCUT2D eigenvalue weighted by Crippen LogP contribution is 2.23. The Kier molecular flexibility index (Phi) is 5.36. The first-order chi connectivity index (χ1) is 13.3. The molecule has 10 heteroatoms. The van der Waals surface area contributed by atoms with Gasteiger partial charge in [-0.2, -0.15) is 0 Å².